The van der Waals surface area contributed by atoms with Gasteiger partial charge in [-0.2, -0.15) is 0 Å². The molecule has 1 unspecified atom stereocenters. The van der Waals surface area contributed by atoms with E-state index in [1.54, 1.807) is 20.8 Å². The number of cyclic esters (lactones) is 2. The Hall–Kier alpha value is -4.48. The van der Waals surface area contributed by atoms with Gasteiger partial charge in [0.15, 0.2) is 23.6 Å². The predicted molar refractivity (Wildman–Crippen MR) is 168 cm³/mol. The van der Waals surface area contributed by atoms with E-state index in [-0.39, 0.29) is 23.1 Å². The van der Waals surface area contributed by atoms with Crippen molar-refractivity contribution in [1.29, 1.82) is 0 Å². The van der Waals surface area contributed by atoms with Gasteiger partial charge in [0.25, 0.3) is 5.91 Å². The lowest BCUT2D eigenvalue weighted by Gasteiger charge is -2.30. The van der Waals surface area contributed by atoms with Crippen LogP contribution in [0.4, 0.5) is 0 Å². The van der Waals surface area contributed by atoms with E-state index in [2.05, 4.69) is 10.3 Å². The minimum absolute atomic E-state index is 0.0957. The zero-order valence-corrected chi connectivity index (χ0v) is 27.8. The molecule has 1 saturated heterocycles. The van der Waals surface area contributed by atoms with Crippen LogP contribution < -0.4 is 14.8 Å². The van der Waals surface area contributed by atoms with Crippen LogP contribution in [-0.2, 0) is 33.4 Å². The molecule has 4 rings (SSSR count). The van der Waals surface area contributed by atoms with Crippen molar-refractivity contribution in [3.8, 4) is 11.5 Å². The number of esters is 4. The second kappa shape index (κ2) is 15.4. The molecule has 0 bridgehead atoms. The fraction of sp³-hybridized carbons (Fsp3) is 0.543. The lowest BCUT2D eigenvalue weighted by molar-refractivity contribution is -0.179. The third-order valence-electron chi connectivity index (χ3n) is 8.75. The highest BCUT2D eigenvalue weighted by molar-refractivity contribution is 5.99. The monoisotopic (exact) mass is 652 g/mol. The van der Waals surface area contributed by atoms with Crippen molar-refractivity contribution in [3.63, 3.8) is 0 Å². The molecule has 254 valence electrons. The Morgan fingerprint density at radius 2 is 1.81 bits per heavy atom. The Bertz CT molecular complexity index is 1460. The lowest BCUT2D eigenvalue weighted by Crippen LogP contribution is -2.47. The first-order chi connectivity index (χ1) is 22.5. The van der Waals surface area contributed by atoms with Gasteiger partial charge in [-0.05, 0) is 31.7 Å². The number of nitrogens with one attached hydrogen (secondary N) is 1. The second-order valence-corrected chi connectivity index (χ2v) is 12.3. The van der Waals surface area contributed by atoms with Crippen LogP contribution in [0.3, 0.4) is 0 Å². The van der Waals surface area contributed by atoms with Crippen molar-refractivity contribution >= 4 is 29.8 Å². The SMILES string of the molecule is CCCCC(CC)C(=O)Oc1c(OC)ccnc1C(=O)N[C@H]1COC(=O)[C@@]2(C[C@H]2c2ccccc2)[C@@H](OC(=O)C(C)C)[C@H](C)OC1=O. The van der Waals surface area contributed by atoms with Crippen LogP contribution in [0.2, 0.25) is 0 Å². The molecule has 2 aromatic rings. The molecule has 1 aliphatic carbocycles. The van der Waals surface area contributed by atoms with Crippen LogP contribution >= 0.6 is 0 Å². The number of pyridine rings is 1. The average Bonchev–Trinajstić information content (AvgIpc) is 3.81. The van der Waals surface area contributed by atoms with Crippen molar-refractivity contribution in [2.75, 3.05) is 13.7 Å². The number of nitrogens with zero attached hydrogens (tertiary/aromatic N) is 1. The van der Waals surface area contributed by atoms with Crippen LogP contribution in [0.15, 0.2) is 42.6 Å². The lowest BCUT2D eigenvalue weighted by atomic mass is 9.89. The van der Waals surface area contributed by atoms with Gasteiger partial charge in [0.1, 0.15) is 18.1 Å². The molecule has 2 fully saturated rings. The molecular weight excluding hydrogens is 608 g/mol. The highest BCUT2D eigenvalue weighted by atomic mass is 16.6. The molecule has 12 nitrogen and oxygen atoms in total. The van der Waals surface area contributed by atoms with Gasteiger partial charge in [-0.1, -0.05) is 70.9 Å². The molecule has 12 heteroatoms. The fourth-order valence-corrected chi connectivity index (χ4v) is 5.91. The first-order valence-electron chi connectivity index (χ1n) is 16.2. The number of rotatable bonds is 12. The van der Waals surface area contributed by atoms with E-state index in [1.807, 2.05) is 44.2 Å². The predicted octanol–water partition coefficient (Wildman–Crippen LogP) is 4.54. The maximum atomic E-state index is 13.8. The summed E-state index contributed by atoms with van der Waals surface area (Å²) < 4.78 is 28.3. The Labute approximate surface area is 274 Å². The van der Waals surface area contributed by atoms with Gasteiger partial charge < -0.3 is 29.0 Å². The quantitative estimate of drug-likeness (QED) is 0.254. The molecule has 1 amide bonds. The van der Waals surface area contributed by atoms with Crippen molar-refractivity contribution < 1.29 is 47.7 Å². The summed E-state index contributed by atoms with van der Waals surface area (Å²) in [7, 11) is 1.36. The third kappa shape index (κ3) is 7.74. The Kier molecular flexibility index (Phi) is 11.6. The maximum Gasteiger partial charge on any atom is 0.332 e. The summed E-state index contributed by atoms with van der Waals surface area (Å²) in [6.07, 6.45) is 2.30. The largest absolute Gasteiger partial charge is 0.493 e. The van der Waals surface area contributed by atoms with Crippen LogP contribution in [0, 0.1) is 17.3 Å². The van der Waals surface area contributed by atoms with Crippen LogP contribution in [0.1, 0.15) is 88.7 Å². The van der Waals surface area contributed by atoms with E-state index in [4.69, 9.17) is 23.7 Å². The van der Waals surface area contributed by atoms with Crippen LogP contribution in [0.25, 0.3) is 0 Å². The van der Waals surface area contributed by atoms with E-state index in [0.29, 0.717) is 19.3 Å². The van der Waals surface area contributed by atoms with Gasteiger partial charge in [-0.3, -0.25) is 19.2 Å². The maximum absolute atomic E-state index is 13.8. The standard InChI is InChI=1S/C35H44N2O10/c1-7-9-13-22(8-2)32(40)46-28-26(43-6)16-17-36-27(28)30(38)37-25-19-44-34(42)35(18-24(35)23-14-11-10-12-15-23)29(21(5)45-33(25)41)47-31(39)20(3)4/h10-12,14-17,20-22,24-25,29H,7-9,13,18-19H2,1-6H3,(H,37,38)/t21-,22?,24-,25-,29-,35+/m0/s1. The molecule has 0 radical (unpaired) electrons. The molecule has 1 aliphatic heterocycles. The molecule has 1 spiro atoms. The van der Waals surface area contributed by atoms with Crippen molar-refractivity contribution in [2.24, 2.45) is 17.3 Å². The number of hydrogen-bond acceptors (Lipinski definition) is 11. The third-order valence-corrected chi connectivity index (χ3v) is 8.75. The molecule has 1 saturated carbocycles. The first-order valence-corrected chi connectivity index (χ1v) is 16.2. The highest BCUT2D eigenvalue weighted by Gasteiger charge is 2.70. The van der Waals surface area contributed by atoms with Crippen LogP contribution in [-0.4, -0.2) is 66.7 Å². The summed E-state index contributed by atoms with van der Waals surface area (Å²) in [5, 5.41) is 2.52. The molecule has 2 heterocycles. The number of unbranched alkanes of at least 4 members (excludes halogenated alkanes) is 1. The normalized spacial score (nSPS) is 24.6. The molecule has 1 N–H and O–H groups in total. The van der Waals surface area contributed by atoms with E-state index < -0.39 is 71.9 Å². The summed E-state index contributed by atoms with van der Waals surface area (Å²) in [6, 6.07) is 9.28. The summed E-state index contributed by atoms with van der Waals surface area (Å²) in [5.41, 5.74) is -0.751. The van der Waals surface area contributed by atoms with Gasteiger partial charge in [-0.25, -0.2) is 9.78 Å². The van der Waals surface area contributed by atoms with Gasteiger partial charge in [0.05, 0.1) is 18.9 Å². The van der Waals surface area contributed by atoms with Gasteiger partial charge in [-0.15, -0.1) is 0 Å². The zero-order valence-electron chi connectivity index (χ0n) is 27.8. The van der Waals surface area contributed by atoms with E-state index in [0.717, 1.165) is 18.4 Å². The Morgan fingerprint density at radius 3 is 2.45 bits per heavy atom. The number of ether oxygens (including phenoxy) is 5. The molecule has 6 atom stereocenters. The number of carbonyl (C=O) groups excluding carboxylic acids is 5. The van der Waals surface area contributed by atoms with E-state index in [1.165, 1.54) is 19.4 Å². The number of carbonyl (C=O) groups is 5. The highest BCUT2D eigenvalue weighted by Crippen LogP contribution is 2.64. The molecule has 1 aromatic carbocycles. The summed E-state index contributed by atoms with van der Waals surface area (Å²) >= 11 is 0. The molecular formula is C35H44N2O10. The average molecular weight is 653 g/mol. The number of hydrogen-bond donors (Lipinski definition) is 1. The van der Waals surface area contributed by atoms with E-state index >= 15 is 0 Å². The molecule has 1 aromatic heterocycles. The minimum atomic E-state index is -1.45. The summed E-state index contributed by atoms with van der Waals surface area (Å²) in [6.45, 7) is 8.21. The van der Waals surface area contributed by atoms with Crippen LogP contribution in [0.5, 0.6) is 11.5 Å². The number of benzene rings is 1. The number of aromatic nitrogens is 1. The Balaban J connectivity index is 1.60. The Morgan fingerprint density at radius 1 is 1.09 bits per heavy atom. The van der Waals surface area contributed by atoms with Crippen molar-refractivity contribution in [1.82, 2.24) is 10.3 Å². The molecule has 47 heavy (non-hydrogen) atoms. The molecule has 2 aliphatic rings. The zero-order chi connectivity index (χ0) is 34.3. The van der Waals surface area contributed by atoms with Gasteiger partial charge in [0.2, 0.25) is 5.75 Å². The fourth-order valence-electron chi connectivity index (χ4n) is 5.91. The summed E-state index contributed by atoms with van der Waals surface area (Å²) in [5.74, 6) is -4.91. The topological polar surface area (TPSA) is 156 Å². The second-order valence-electron chi connectivity index (χ2n) is 12.3. The first kappa shape index (κ1) is 35.4. The number of methoxy groups -OCH3 is 1. The van der Waals surface area contributed by atoms with Crippen molar-refractivity contribution in [2.45, 2.75) is 90.9 Å². The summed E-state index contributed by atoms with van der Waals surface area (Å²) in [4.78, 5) is 70.9. The minimum Gasteiger partial charge on any atom is -0.493 e. The van der Waals surface area contributed by atoms with Gasteiger partial charge in [0, 0.05) is 18.2 Å². The number of amides is 1. The van der Waals surface area contributed by atoms with Crippen molar-refractivity contribution in [3.05, 3.63) is 53.9 Å². The smallest absolute Gasteiger partial charge is 0.332 e. The van der Waals surface area contributed by atoms with Gasteiger partial charge >= 0.3 is 23.9 Å². The van der Waals surface area contributed by atoms with E-state index in [9.17, 15) is 24.0 Å².